The van der Waals surface area contributed by atoms with Crippen molar-refractivity contribution in [2.45, 2.75) is 19.4 Å². The lowest BCUT2D eigenvalue weighted by atomic mass is 9.98. The molecule has 0 bridgehead atoms. The standard InChI is InChI=1S/C12H13ClFN3O2/c1-12(2)11(19)15-3-4-17(12)10(18)8-5-7(14)6-16-9(8)13/h5-6H,3-4H2,1-2H3,(H,15,19). The number of nitrogens with one attached hydrogen (secondary N) is 1. The summed E-state index contributed by atoms with van der Waals surface area (Å²) in [6, 6.07) is 1.03. The second-order valence-electron chi connectivity index (χ2n) is 4.76. The van der Waals surface area contributed by atoms with Crippen LogP contribution in [0.4, 0.5) is 4.39 Å². The fourth-order valence-electron chi connectivity index (χ4n) is 1.97. The van der Waals surface area contributed by atoms with Gasteiger partial charge in [-0.25, -0.2) is 9.37 Å². The zero-order valence-corrected chi connectivity index (χ0v) is 11.3. The van der Waals surface area contributed by atoms with E-state index in [9.17, 15) is 14.0 Å². The molecule has 1 aromatic heterocycles. The fourth-order valence-corrected chi connectivity index (χ4v) is 2.16. The average Bonchev–Trinajstić information content (AvgIpc) is 2.35. The predicted molar refractivity (Wildman–Crippen MR) is 67.3 cm³/mol. The zero-order valence-electron chi connectivity index (χ0n) is 10.5. The summed E-state index contributed by atoms with van der Waals surface area (Å²) in [7, 11) is 0. The molecule has 1 aromatic rings. The lowest BCUT2D eigenvalue weighted by Crippen LogP contribution is -2.63. The van der Waals surface area contributed by atoms with Gasteiger partial charge in [-0.05, 0) is 19.9 Å². The lowest BCUT2D eigenvalue weighted by molar-refractivity contribution is -0.133. The van der Waals surface area contributed by atoms with Crippen molar-refractivity contribution < 1.29 is 14.0 Å². The minimum atomic E-state index is -1.01. The van der Waals surface area contributed by atoms with Crippen molar-refractivity contribution in [1.29, 1.82) is 0 Å². The van der Waals surface area contributed by atoms with Crippen LogP contribution in [0, 0.1) is 5.82 Å². The van der Waals surface area contributed by atoms with Gasteiger partial charge < -0.3 is 10.2 Å². The van der Waals surface area contributed by atoms with Crippen LogP contribution in [0.2, 0.25) is 5.15 Å². The number of pyridine rings is 1. The van der Waals surface area contributed by atoms with Gasteiger partial charge in [0, 0.05) is 13.1 Å². The van der Waals surface area contributed by atoms with Crippen molar-refractivity contribution in [1.82, 2.24) is 15.2 Å². The van der Waals surface area contributed by atoms with Gasteiger partial charge in [-0.3, -0.25) is 9.59 Å². The van der Waals surface area contributed by atoms with Crippen LogP contribution < -0.4 is 5.32 Å². The summed E-state index contributed by atoms with van der Waals surface area (Å²) >= 11 is 5.81. The Morgan fingerprint density at radius 3 is 2.95 bits per heavy atom. The van der Waals surface area contributed by atoms with Crippen LogP contribution in [0.5, 0.6) is 0 Å². The molecule has 5 nitrogen and oxygen atoms in total. The molecule has 2 amide bonds. The molecular weight excluding hydrogens is 273 g/mol. The lowest BCUT2D eigenvalue weighted by Gasteiger charge is -2.41. The maximum Gasteiger partial charge on any atom is 0.258 e. The van der Waals surface area contributed by atoms with E-state index < -0.39 is 17.3 Å². The first-order chi connectivity index (χ1) is 8.84. The first-order valence-electron chi connectivity index (χ1n) is 5.75. The van der Waals surface area contributed by atoms with Crippen LogP contribution in [0.25, 0.3) is 0 Å². The van der Waals surface area contributed by atoms with E-state index in [1.807, 2.05) is 0 Å². The summed E-state index contributed by atoms with van der Waals surface area (Å²) in [4.78, 5) is 29.1. The van der Waals surface area contributed by atoms with Crippen LogP contribution in [-0.4, -0.2) is 40.3 Å². The van der Waals surface area contributed by atoms with Crippen LogP contribution in [-0.2, 0) is 4.79 Å². The van der Waals surface area contributed by atoms with Crippen LogP contribution >= 0.6 is 11.6 Å². The number of hydrogen-bond acceptors (Lipinski definition) is 3. The quantitative estimate of drug-likeness (QED) is 0.789. The van der Waals surface area contributed by atoms with Gasteiger partial charge in [-0.2, -0.15) is 0 Å². The Bertz CT molecular complexity index is 548. The van der Waals surface area contributed by atoms with E-state index in [1.54, 1.807) is 13.8 Å². The second-order valence-corrected chi connectivity index (χ2v) is 5.12. The molecule has 0 aromatic carbocycles. The van der Waals surface area contributed by atoms with E-state index in [1.165, 1.54) is 4.90 Å². The number of halogens is 2. The molecule has 2 heterocycles. The molecule has 0 atom stereocenters. The average molecular weight is 286 g/mol. The molecule has 1 fully saturated rings. The molecule has 7 heteroatoms. The summed E-state index contributed by atoms with van der Waals surface area (Å²) in [6.45, 7) is 3.94. The Labute approximate surface area is 114 Å². The molecule has 1 saturated heterocycles. The number of piperazine rings is 1. The highest BCUT2D eigenvalue weighted by atomic mass is 35.5. The molecule has 102 valence electrons. The molecule has 2 rings (SSSR count). The van der Waals surface area contributed by atoms with E-state index >= 15 is 0 Å². The third-order valence-electron chi connectivity index (χ3n) is 3.13. The number of aromatic nitrogens is 1. The van der Waals surface area contributed by atoms with Gasteiger partial charge in [-0.1, -0.05) is 11.6 Å². The summed E-state index contributed by atoms with van der Waals surface area (Å²) in [6.07, 6.45) is 0.938. The first kappa shape index (κ1) is 13.7. The Morgan fingerprint density at radius 2 is 2.26 bits per heavy atom. The minimum Gasteiger partial charge on any atom is -0.352 e. The van der Waals surface area contributed by atoms with E-state index in [2.05, 4.69) is 10.3 Å². The van der Waals surface area contributed by atoms with E-state index in [0.717, 1.165) is 12.3 Å². The van der Waals surface area contributed by atoms with E-state index in [0.29, 0.717) is 13.1 Å². The van der Waals surface area contributed by atoms with Crippen molar-refractivity contribution in [3.05, 3.63) is 28.8 Å². The van der Waals surface area contributed by atoms with Gasteiger partial charge in [-0.15, -0.1) is 0 Å². The van der Waals surface area contributed by atoms with Crippen LogP contribution in [0.3, 0.4) is 0 Å². The Morgan fingerprint density at radius 1 is 1.58 bits per heavy atom. The van der Waals surface area contributed by atoms with Gasteiger partial charge >= 0.3 is 0 Å². The van der Waals surface area contributed by atoms with Crippen molar-refractivity contribution >= 4 is 23.4 Å². The largest absolute Gasteiger partial charge is 0.352 e. The molecular formula is C12H13ClFN3O2. The Balaban J connectivity index is 2.38. The third kappa shape index (κ3) is 2.40. The SMILES string of the molecule is CC1(C)C(=O)NCCN1C(=O)c1cc(F)cnc1Cl. The van der Waals surface area contributed by atoms with E-state index in [4.69, 9.17) is 11.6 Å². The van der Waals surface area contributed by atoms with Gasteiger partial charge in [0.2, 0.25) is 5.91 Å². The third-order valence-corrected chi connectivity index (χ3v) is 3.43. The Kier molecular flexibility index (Phi) is 3.45. The summed E-state index contributed by atoms with van der Waals surface area (Å²) in [5.74, 6) is -1.41. The number of carbonyl (C=O) groups is 2. The molecule has 0 radical (unpaired) electrons. The number of amides is 2. The van der Waals surface area contributed by atoms with Crippen LogP contribution in [0.15, 0.2) is 12.3 Å². The van der Waals surface area contributed by atoms with E-state index in [-0.39, 0.29) is 16.6 Å². The molecule has 0 aliphatic carbocycles. The molecule has 1 N–H and O–H groups in total. The fraction of sp³-hybridized carbons (Fsp3) is 0.417. The molecule has 19 heavy (non-hydrogen) atoms. The van der Waals surface area contributed by atoms with Crippen molar-refractivity contribution in [2.75, 3.05) is 13.1 Å². The number of hydrogen-bond donors (Lipinski definition) is 1. The Hall–Kier alpha value is -1.69. The summed E-state index contributed by atoms with van der Waals surface area (Å²) in [5.41, 5.74) is -1.05. The minimum absolute atomic E-state index is 0.0376. The zero-order chi connectivity index (χ0) is 14.2. The van der Waals surface area contributed by atoms with Crippen molar-refractivity contribution in [3.8, 4) is 0 Å². The highest BCUT2D eigenvalue weighted by molar-refractivity contribution is 6.32. The maximum atomic E-state index is 13.2. The van der Waals surface area contributed by atoms with Crippen molar-refractivity contribution in [2.24, 2.45) is 0 Å². The monoisotopic (exact) mass is 285 g/mol. The van der Waals surface area contributed by atoms with Gasteiger partial charge in [0.25, 0.3) is 5.91 Å². The molecule has 1 aliphatic heterocycles. The molecule has 0 spiro atoms. The highest BCUT2D eigenvalue weighted by Crippen LogP contribution is 2.23. The first-order valence-corrected chi connectivity index (χ1v) is 6.13. The smallest absolute Gasteiger partial charge is 0.258 e. The number of rotatable bonds is 1. The predicted octanol–water partition coefficient (Wildman–Crippen LogP) is 1.22. The van der Waals surface area contributed by atoms with Gasteiger partial charge in [0.15, 0.2) is 0 Å². The van der Waals surface area contributed by atoms with Gasteiger partial charge in [0.05, 0.1) is 11.8 Å². The normalized spacial score (nSPS) is 18.1. The highest BCUT2D eigenvalue weighted by Gasteiger charge is 2.41. The maximum absolute atomic E-state index is 13.2. The number of nitrogens with zero attached hydrogens (tertiary/aromatic N) is 2. The second kappa shape index (κ2) is 4.77. The molecule has 0 unspecified atom stereocenters. The topological polar surface area (TPSA) is 62.3 Å². The molecule has 0 saturated carbocycles. The summed E-state index contributed by atoms with van der Waals surface area (Å²) < 4.78 is 13.2. The van der Waals surface area contributed by atoms with Crippen LogP contribution in [0.1, 0.15) is 24.2 Å². The van der Waals surface area contributed by atoms with Gasteiger partial charge in [0.1, 0.15) is 16.5 Å². The van der Waals surface area contributed by atoms with Crippen molar-refractivity contribution in [3.63, 3.8) is 0 Å². The summed E-state index contributed by atoms with van der Waals surface area (Å²) in [5, 5.41) is 2.60. The number of carbonyl (C=O) groups excluding carboxylic acids is 2. The molecule has 1 aliphatic rings.